The Hall–Kier alpha value is -3.65. The highest BCUT2D eigenvalue weighted by atomic mass is 32.1. The van der Waals surface area contributed by atoms with E-state index in [-0.39, 0.29) is 18.2 Å². The molecule has 0 unspecified atom stereocenters. The van der Waals surface area contributed by atoms with E-state index in [4.69, 9.17) is 4.74 Å². The van der Waals surface area contributed by atoms with Gasteiger partial charge in [-0.1, -0.05) is 18.2 Å². The minimum absolute atomic E-state index is 0.169. The zero-order valence-electron chi connectivity index (χ0n) is 15.5. The van der Waals surface area contributed by atoms with Crippen LogP contribution in [0.3, 0.4) is 0 Å². The van der Waals surface area contributed by atoms with Crippen LogP contribution in [0, 0.1) is 0 Å². The molecule has 3 heterocycles. The second-order valence-corrected chi connectivity index (χ2v) is 6.88. The smallest absolute Gasteiger partial charge is 0.357 e. The molecule has 0 saturated carbocycles. The average Bonchev–Trinajstić information content (AvgIpc) is 3.22. The van der Waals surface area contributed by atoms with Crippen LogP contribution in [0.5, 0.6) is 0 Å². The van der Waals surface area contributed by atoms with E-state index in [1.165, 1.54) is 0 Å². The molecule has 4 aromatic rings. The molecule has 1 N–H and O–H groups in total. The summed E-state index contributed by atoms with van der Waals surface area (Å²) in [6.07, 6.45) is 3.38. The fourth-order valence-corrected chi connectivity index (χ4v) is 3.49. The third-order valence-corrected chi connectivity index (χ3v) is 4.89. The number of anilines is 1. The summed E-state index contributed by atoms with van der Waals surface area (Å²) < 4.78 is 4.93. The molecule has 0 aliphatic rings. The topological polar surface area (TPSA) is 94.1 Å². The minimum atomic E-state index is -0.516. The SMILES string of the molecule is CCOC(=O)c1csc(NC(=O)c2cc(-c3cccnc3)nc3ccccc23)n1. The maximum Gasteiger partial charge on any atom is 0.357 e. The monoisotopic (exact) mass is 404 g/mol. The van der Waals surface area contributed by atoms with Crippen molar-refractivity contribution in [2.75, 3.05) is 11.9 Å². The molecular formula is C21H16N4O3S. The standard InChI is InChI=1S/C21H16N4O3S/c1-2-28-20(27)18-12-29-21(24-18)25-19(26)15-10-17(13-6-5-9-22-11-13)23-16-8-4-3-7-14(15)16/h3-12H,2H2,1H3,(H,24,25,26). The molecule has 144 valence electrons. The summed E-state index contributed by atoms with van der Waals surface area (Å²) in [6.45, 7) is 1.99. The number of amides is 1. The number of hydrogen-bond acceptors (Lipinski definition) is 7. The molecule has 8 heteroatoms. The Labute approximate surface area is 170 Å². The number of thiazole rings is 1. The number of esters is 1. The first-order valence-electron chi connectivity index (χ1n) is 8.90. The van der Waals surface area contributed by atoms with Gasteiger partial charge < -0.3 is 4.74 Å². The van der Waals surface area contributed by atoms with Gasteiger partial charge in [0, 0.05) is 28.7 Å². The lowest BCUT2D eigenvalue weighted by Crippen LogP contribution is -2.13. The lowest BCUT2D eigenvalue weighted by Gasteiger charge is -2.09. The Kier molecular flexibility index (Phi) is 5.26. The van der Waals surface area contributed by atoms with Crippen molar-refractivity contribution in [2.24, 2.45) is 0 Å². The van der Waals surface area contributed by atoms with Crippen molar-refractivity contribution in [3.8, 4) is 11.3 Å². The van der Waals surface area contributed by atoms with E-state index in [9.17, 15) is 9.59 Å². The Bertz CT molecular complexity index is 1190. The van der Waals surface area contributed by atoms with Crippen LogP contribution in [-0.4, -0.2) is 33.4 Å². The van der Waals surface area contributed by atoms with Gasteiger partial charge in [0.05, 0.1) is 23.4 Å². The normalized spacial score (nSPS) is 10.7. The van der Waals surface area contributed by atoms with Crippen LogP contribution in [0.25, 0.3) is 22.2 Å². The number of nitrogens with zero attached hydrogens (tertiary/aromatic N) is 3. The van der Waals surface area contributed by atoms with E-state index in [0.29, 0.717) is 21.9 Å². The number of para-hydroxylation sites is 1. The third kappa shape index (κ3) is 3.97. The second kappa shape index (κ2) is 8.15. The Morgan fingerprint density at radius 3 is 2.79 bits per heavy atom. The number of fused-ring (bicyclic) bond motifs is 1. The van der Waals surface area contributed by atoms with Crippen molar-refractivity contribution in [1.82, 2.24) is 15.0 Å². The molecule has 3 aromatic heterocycles. The highest BCUT2D eigenvalue weighted by Crippen LogP contribution is 2.26. The molecule has 0 fully saturated rings. The van der Waals surface area contributed by atoms with Gasteiger partial charge >= 0.3 is 5.97 Å². The lowest BCUT2D eigenvalue weighted by atomic mass is 10.0. The number of benzene rings is 1. The van der Waals surface area contributed by atoms with Gasteiger partial charge in [-0.2, -0.15) is 0 Å². The predicted octanol–water partition coefficient (Wildman–Crippen LogP) is 4.18. The molecule has 0 atom stereocenters. The number of nitrogens with one attached hydrogen (secondary N) is 1. The van der Waals surface area contributed by atoms with Crippen LogP contribution in [0.2, 0.25) is 0 Å². The molecule has 1 aromatic carbocycles. The van der Waals surface area contributed by atoms with E-state index < -0.39 is 5.97 Å². The summed E-state index contributed by atoms with van der Waals surface area (Å²) in [5.74, 6) is -0.851. The summed E-state index contributed by atoms with van der Waals surface area (Å²) in [7, 11) is 0. The molecule has 7 nitrogen and oxygen atoms in total. The van der Waals surface area contributed by atoms with Gasteiger partial charge in [-0.3, -0.25) is 15.1 Å². The first-order valence-corrected chi connectivity index (χ1v) is 9.78. The summed E-state index contributed by atoms with van der Waals surface area (Å²) in [6, 6.07) is 12.9. The van der Waals surface area contributed by atoms with Gasteiger partial charge in [-0.25, -0.2) is 14.8 Å². The molecule has 4 rings (SSSR count). The number of carbonyl (C=O) groups excluding carboxylic acids is 2. The van der Waals surface area contributed by atoms with Crippen LogP contribution in [0.1, 0.15) is 27.8 Å². The molecular weight excluding hydrogens is 388 g/mol. The number of hydrogen-bond donors (Lipinski definition) is 1. The lowest BCUT2D eigenvalue weighted by molar-refractivity contribution is 0.0520. The van der Waals surface area contributed by atoms with Crippen LogP contribution in [0.15, 0.2) is 60.2 Å². The molecule has 0 saturated heterocycles. The summed E-state index contributed by atoms with van der Waals surface area (Å²) in [5.41, 5.74) is 2.79. The van der Waals surface area contributed by atoms with Gasteiger partial charge in [0.1, 0.15) is 0 Å². The van der Waals surface area contributed by atoms with Crippen molar-refractivity contribution in [1.29, 1.82) is 0 Å². The van der Waals surface area contributed by atoms with Crippen molar-refractivity contribution in [3.05, 3.63) is 71.5 Å². The Morgan fingerprint density at radius 1 is 1.14 bits per heavy atom. The zero-order valence-corrected chi connectivity index (χ0v) is 16.3. The molecule has 0 bridgehead atoms. The summed E-state index contributed by atoms with van der Waals surface area (Å²) in [4.78, 5) is 37.7. The van der Waals surface area contributed by atoms with Crippen molar-refractivity contribution >= 4 is 39.2 Å². The highest BCUT2D eigenvalue weighted by Gasteiger charge is 2.17. The summed E-state index contributed by atoms with van der Waals surface area (Å²) in [5, 5.41) is 5.36. The van der Waals surface area contributed by atoms with Gasteiger partial charge in [-0.05, 0) is 31.2 Å². The Morgan fingerprint density at radius 2 is 2.00 bits per heavy atom. The number of pyridine rings is 2. The van der Waals surface area contributed by atoms with Crippen molar-refractivity contribution in [2.45, 2.75) is 6.92 Å². The van der Waals surface area contributed by atoms with E-state index in [1.54, 1.807) is 30.8 Å². The largest absolute Gasteiger partial charge is 0.461 e. The molecule has 0 aliphatic carbocycles. The first kappa shape index (κ1) is 18.7. The van der Waals surface area contributed by atoms with E-state index >= 15 is 0 Å². The van der Waals surface area contributed by atoms with E-state index in [0.717, 1.165) is 22.3 Å². The highest BCUT2D eigenvalue weighted by molar-refractivity contribution is 7.14. The van der Waals surface area contributed by atoms with Gasteiger partial charge in [0.25, 0.3) is 5.91 Å². The quantitative estimate of drug-likeness (QED) is 0.502. The van der Waals surface area contributed by atoms with Gasteiger partial charge in [0.15, 0.2) is 10.8 Å². The molecule has 0 spiro atoms. The summed E-state index contributed by atoms with van der Waals surface area (Å²) >= 11 is 1.16. The van der Waals surface area contributed by atoms with E-state index in [2.05, 4.69) is 20.3 Å². The molecule has 0 radical (unpaired) electrons. The third-order valence-electron chi connectivity index (χ3n) is 4.13. The minimum Gasteiger partial charge on any atom is -0.461 e. The fourth-order valence-electron chi connectivity index (χ4n) is 2.82. The van der Waals surface area contributed by atoms with Crippen LogP contribution < -0.4 is 5.32 Å². The number of ether oxygens (including phenoxy) is 1. The zero-order chi connectivity index (χ0) is 20.2. The van der Waals surface area contributed by atoms with Gasteiger partial charge in [-0.15, -0.1) is 11.3 Å². The first-order chi connectivity index (χ1) is 14.2. The molecule has 29 heavy (non-hydrogen) atoms. The second-order valence-electron chi connectivity index (χ2n) is 6.03. The average molecular weight is 404 g/mol. The van der Waals surface area contributed by atoms with Crippen LogP contribution in [0.4, 0.5) is 5.13 Å². The van der Waals surface area contributed by atoms with Crippen LogP contribution >= 0.6 is 11.3 Å². The number of rotatable bonds is 5. The van der Waals surface area contributed by atoms with E-state index in [1.807, 2.05) is 36.4 Å². The molecule has 1 amide bonds. The predicted molar refractivity (Wildman–Crippen MR) is 111 cm³/mol. The number of aromatic nitrogens is 3. The van der Waals surface area contributed by atoms with Crippen LogP contribution in [-0.2, 0) is 4.74 Å². The Balaban J connectivity index is 1.69. The van der Waals surface area contributed by atoms with Crippen molar-refractivity contribution < 1.29 is 14.3 Å². The fraction of sp³-hybridized carbons (Fsp3) is 0.0952. The van der Waals surface area contributed by atoms with Gasteiger partial charge in [0.2, 0.25) is 0 Å². The molecule has 0 aliphatic heterocycles. The van der Waals surface area contributed by atoms with Crippen molar-refractivity contribution in [3.63, 3.8) is 0 Å². The number of carbonyl (C=O) groups is 2. The maximum absolute atomic E-state index is 13.0. The maximum atomic E-state index is 13.0.